The predicted octanol–water partition coefficient (Wildman–Crippen LogP) is 3.19. The minimum Gasteiger partial charge on any atom is -0.486 e. The first-order valence-electron chi connectivity index (χ1n) is 4.61. The highest BCUT2D eigenvalue weighted by Crippen LogP contribution is 2.30. The first-order valence-corrected chi connectivity index (χ1v) is 5.40. The van der Waals surface area contributed by atoms with Crippen molar-refractivity contribution in [2.45, 2.75) is 6.43 Å². The second kappa shape index (κ2) is 6.34. The number of carbonyl (C=O) groups is 1. The van der Waals surface area contributed by atoms with Crippen molar-refractivity contribution in [1.29, 1.82) is 0 Å². The molecule has 1 N–H and O–H groups in total. The standard InChI is InChI=1S/C11H9BrF2O3/c12-8-3-1-2-7(4-5-10(15)16)11(8)17-6-9(13)14/h1-5,9H,6H2,(H,15,16). The molecule has 17 heavy (non-hydrogen) atoms. The Bertz CT molecular complexity index is 433. The van der Waals surface area contributed by atoms with E-state index in [1.807, 2.05) is 0 Å². The Hall–Kier alpha value is -1.43. The van der Waals surface area contributed by atoms with Crippen LogP contribution in [0.1, 0.15) is 5.56 Å². The van der Waals surface area contributed by atoms with Crippen LogP contribution in [0.4, 0.5) is 8.78 Å². The van der Waals surface area contributed by atoms with E-state index >= 15 is 0 Å². The average Bonchev–Trinajstić information content (AvgIpc) is 2.24. The van der Waals surface area contributed by atoms with Crippen molar-refractivity contribution in [3.8, 4) is 5.75 Å². The SMILES string of the molecule is O=C(O)C=Cc1cccc(Br)c1OCC(F)F. The van der Waals surface area contributed by atoms with Crippen molar-refractivity contribution in [2.24, 2.45) is 0 Å². The molecule has 0 heterocycles. The van der Waals surface area contributed by atoms with E-state index in [1.54, 1.807) is 18.2 Å². The average molecular weight is 307 g/mol. The zero-order valence-electron chi connectivity index (χ0n) is 8.57. The van der Waals surface area contributed by atoms with Gasteiger partial charge in [-0.05, 0) is 28.1 Å². The van der Waals surface area contributed by atoms with Crippen LogP contribution in [0.3, 0.4) is 0 Å². The third kappa shape index (κ3) is 4.52. The molecular weight excluding hydrogens is 298 g/mol. The van der Waals surface area contributed by atoms with Crippen LogP contribution in [-0.4, -0.2) is 24.1 Å². The summed E-state index contributed by atoms with van der Waals surface area (Å²) in [7, 11) is 0. The number of halogens is 3. The molecule has 0 atom stereocenters. The summed E-state index contributed by atoms with van der Waals surface area (Å²) in [5.41, 5.74) is 0.419. The highest BCUT2D eigenvalue weighted by molar-refractivity contribution is 9.10. The monoisotopic (exact) mass is 306 g/mol. The summed E-state index contributed by atoms with van der Waals surface area (Å²) >= 11 is 3.15. The van der Waals surface area contributed by atoms with Crippen molar-refractivity contribution >= 4 is 28.0 Å². The van der Waals surface area contributed by atoms with E-state index in [9.17, 15) is 13.6 Å². The molecule has 0 unspecified atom stereocenters. The van der Waals surface area contributed by atoms with Crippen LogP contribution in [0, 0.1) is 0 Å². The molecule has 1 aromatic rings. The van der Waals surface area contributed by atoms with Crippen LogP contribution in [0.15, 0.2) is 28.7 Å². The van der Waals surface area contributed by atoms with Crippen molar-refractivity contribution in [3.63, 3.8) is 0 Å². The molecule has 92 valence electrons. The smallest absolute Gasteiger partial charge is 0.328 e. The Morgan fingerprint density at radius 2 is 2.24 bits per heavy atom. The summed E-state index contributed by atoms with van der Waals surface area (Å²) in [5.74, 6) is -0.921. The van der Waals surface area contributed by atoms with Crippen molar-refractivity contribution < 1.29 is 23.4 Å². The van der Waals surface area contributed by atoms with Crippen molar-refractivity contribution in [3.05, 3.63) is 34.3 Å². The summed E-state index contributed by atoms with van der Waals surface area (Å²) in [6.07, 6.45) is -0.385. The highest BCUT2D eigenvalue weighted by atomic mass is 79.9. The number of carboxylic acids is 1. The molecule has 3 nitrogen and oxygen atoms in total. The van der Waals surface area contributed by atoms with Crippen LogP contribution in [0.5, 0.6) is 5.75 Å². The lowest BCUT2D eigenvalue weighted by atomic mass is 10.2. The van der Waals surface area contributed by atoms with E-state index in [4.69, 9.17) is 9.84 Å². The zero-order chi connectivity index (χ0) is 12.8. The van der Waals surface area contributed by atoms with E-state index in [2.05, 4.69) is 15.9 Å². The summed E-state index contributed by atoms with van der Waals surface area (Å²) < 4.78 is 29.5. The third-order valence-electron chi connectivity index (χ3n) is 1.76. The molecule has 0 amide bonds. The lowest BCUT2D eigenvalue weighted by Gasteiger charge is -2.10. The van der Waals surface area contributed by atoms with Gasteiger partial charge >= 0.3 is 5.97 Å². The van der Waals surface area contributed by atoms with E-state index in [1.165, 1.54) is 6.08 Å². The number of hydrogen-bond donors (Lipinski definition) is 1. The number of rotatable bonds is 5. The fraction of sp³-hybridized carbons (Fsp3) is 0.182. The molecule has 0 saturated carbocycles. The first-order chi connectivity index (χ1) is 8.00. The van der Waals surface area contributed by atoms with E-state index in [0.29, 0.717) is 10.0 Å². The lowest BCUT2D eigenvalue weighted by Crippen LogP contribution is -2.08. The topological polar surface area (TPSA) is 46.5 Å². The summed E-state index contributed by atoms with van der Waals surface area (Å²) in [6.45, 7) is -0.740. The molecule has 0 aromatic heterocycles. The summed E-state index contributed by atoms with van der Waals surface area (Å²) in [5, 5.41) is 8.49. The van der Waals surface area contributed by atoms with Gasteiger partial charge in [-0.25, -0.2) is 13.6 Å². The van der Waals surface area contributed by atoms with Gasteiger partial charge in [-0.2, -0.15) is 0 Å². The van der Waals surface area contributed by atoms with Crippen LogP contribution < -0.4 is 4.74 Å². The second-order valence-corrected chi connectivity index (χ2v) is 3.89. The van der Waals surface area contributed by atoms with Gasteiger partial charge in [-0.15, -0.1) is 0 Å². The molecule has 6 heteroatoms. The molecule has 0 saturated heterocycles. The number of aliphatic carboxylic acids is 1. The van der Waals surface area contributed by atoms with Crippen molar-refractivity contribution in [1.82, 2.24) is 0 Å². The predicted molar refractivity (Wildman–Crippen MR) is 62.3 cm³/mol. The van der Waals surface area contributed by atoms with Gasteiger partial charge in [0.15, 0.2) is 0 Å². The zero-order valence-corrected chi connectivity index (χ0v) is 10.2. The largest absolute Gasteiger partial charge is 0.486 e. The molecule has 0 bridgehead atoms. The molecule has 0 aliphatic heterocycles. The highest BCUT2D eigenvalue weighted by Gasteiger charge is 2.09. The number of hydrogen-bond acceptors (Lipinski definition) is 2. The van der Waals surface area contributed by atoms with Gasteiger partial charge in [-0.1, -0.05) is 12.1 Å². The van der Waals surface area contributed by atoms with E-state index in [-0.39, 0.29) is 5.75 Å². The Kier molecular flexibility index (Phi) is 5.09. The maximum absolute atomic E-state index is 12.0. The number of para-hydroxylation sites is 1. The Balaban J connectivity index is 2.95. The first kappa shape index (κ1) is 13.6. The van der Waals surface area contributed by atoms with Crippen LogP contribution in [0.25, 0.3) is 6.08 Å². The molecular formula is C11H9BrF2O3. The van der Waals surface area contributed by atoms with E-state index < -0.39 is 19.0 Å². The van der Waals surface area contributed by atoms with Gasteiger partial charge in [0.05, 0.1) is 4.47 Å². The molecule has 1 aromatic carbocycles. The summed E-state index contributed by atoms with van der Waals surface area (Å²) in [4.78, 5) is 10.4. The fourth-order valence-corrected chi connectivity index (χ4v) is 1.61. The number of ether oxygens (including phenoxy) is 1. The number of benzene rings is 1. The third-order valence-corrected chi connectivity index (χ3v) is 2.38. The minimum atomic E-state index is -2.58. The minimum absolute atomic E-state index is 0.199. The summed E-state index contributed by atoms with van der Waals surface area (Å²) in [6, 6.07) is 4.85. The molecule has 0 radical (unpaired) electrons. The van der Waals surface area contributed by atoms with Gasteiger partial charge in [0.25, 0.3) is 6.43 Å². The normalized spacial score (nSPS) is 11.1. The second-order valence-electron chi connectivity index (χ2n) is 3.03. The van der Waals surface area contributed by atoms with Crippen molar-refractivity contribution in [2.75, 3.05) is 6.61 Å². The molecule has 0 spiro atoms. The van der Waals surface area contributed by atoms with Gasteiger partial charge in [-0.3, -0.25) is 0 Å². The van der Waals surface area contributed by atoms with Gasteiger partial charge in [0.1, 0.15) is 12.4 Å². The number of alkyl halides is 2. The molecule has 0 fully saturated rings. The fourth-order valence-electron chi connectivity index (χ4n) is 1.12. The van der Waals surface area contributed by atoms with Crippen LogP contribution in [0.2, 0.25) is 0 Å². The molecule has 0 aliphatic carbocycles. The Morgan fingerprint density at radius 3 is 2.82 bits per heavy atom. The number of carboxylic acid groups (broad SMARTS) is 1. The van der Waals surface area contributed by atoms with Crippen LogP contribution >= 0.6 is 15.9 Å². The van der Waals surface area contributed by atoms with Gasteiger partial charge in [0, 0.05) is 11.6 Å². The molecule has 1 rings (SSSR count). The lowest BCUT2D eigenvalue weighted by molar-refractivity contribution is -0.131. The quantitative estimate of drug-likeness (QED) is 0.850. The van der Waals surface area contributed by atoms with Gasteiger partial charge in [0.2, 0.25) is 0 Å². The van der Waals surface area contributed by atoms with Gasteiger partial charge < -0.3 is 9.84 Å². The van der Waals surface area contributed by atoms with E-state index in [0.717, 1.165) is 6.08 Å². The maximum Gasteiger partial charge on any atom is 0.328 e. The Morgan fingerprint density at radius 1 is 1.53 bits per heavy atom. The van der Waals surface area contributed by atoms with Crippen LogP contribution in [-0.2, 0) is 4.79 Å². The molecule has 0 aliphatic rings. The Labute approximate surface area is 105 Å². The maximum atomic E-state index is 12.0.